The maximum absolute atomic E-state index is 6.10. The average molecular weight is 288 g/mol. The maximum atomic E-state index is 6.10. The van der Waals surface area contributed by atoms with Crippen LogP contribution in [0.5, 0.6) is 0 Å². The summed E-state index contributed by atoms with van der Waals surface area (Å²) >= 11 is 0. The third-order valence-corrected chi connectivity index (χ3v) is 4.91. The van der Waals surface area contributed by atoms with E-state index >= 15 is 0 Å². The summed E-state index contributed by atoms with van der Waals surface area (Å²) in [4.78, 5) is 0. The number of ether oxygens (including phenoxy) is 2. The van der Waals surface area contributed by atoms with Gasteiger partial charge in [0.25, 0.3) is 0 Å². The van der Waals surface area contributed by atoms with Crippen molar-refractivity contribution in [3.05, 3.63) is 48.2 Å². The molecule has 2 rings (SSSR count). The summed E-state index contributed by atoms with van der Waals surface area (Å²) in [5, 5.41) is 0. The van der Waals surface area contributed by atoms with Gasteiger partial charge in [0.05, 0.1) is 6.61 Å². The van der Waals surface area contributed by atoms with Gasteiger partial charge in [0.1, 0.15) is 18.0 Å². The van der Waals surface area contributed by atoms with Gasteiger partial charge in [-0.25, -0.2) is 0 Å². The van der Waals surface area contributed by atoms with Crippen molar-refractivity contribution in [2.75, 3.05) is 0 Å². The molecule has 1 saturated heterocycles. The average Bonchev–Trinajstić information content (AvgIpc) is 2.51. The highest BCUT2D eigenvalue weighted by Gasteiger charge is 2.40. The SMILES string of the molecule is C=C1OC([C@H](C)CC)[C@@H](C)[C@H](C)C1OCc1ccccc1. The molecule has 1 aliphatic rings. The summed E-state index contributed by atoms with van der Waals surface area (Å²) in [6, 6.07) is 10.3. The predicted octanol–water partition coefficient (Wildman–Crippen LogP) is 4.80. The molecular formula is C19H28O2. The second-order valence-electron chi connectivity index (χ2n) is 6.37. The smallest absolute Gasteiger partial charge is 0.118 e. The molecule has 1 aromatic rings. The molecule has 0 radical (unpaired) electrons. The molecule has 0 spiro atoms. The molecular weight excluding hydrogens is 260 g/mol. The topological polar surface area (TPSA) is 18.5 Å². The Morgan fingerprint density at radius 1 is 1.19 bits per heavy atom. The Labute approximate surface area is 129 Å². The Kier molecular flexibility index (Phi) is 5.46. The molecule has 21 heavy (non-hydrogen) atoms. The Morgan fingerprint density at radius 3 is 2.48 bits per heavy atom. The fraction of sp³-hybridized carbons (Fsp3) is 0.579. The largest absolute Gasteiger partial charge is 0.492 e. The van der Waals surface area contributed by atoms with Gasteiger partial charge in [-0.3, -0.25) is 0 Å². The first-order valence-electron chi connectivity index (χ1n) is 8.05. The van der Waals surface area contributed by atoms with Crippen molar-refractivity contribution < 1.29 is 9.47 Å². The number of hydrogen-bond donors (Lipinski definition) is 0. The summed E-state index contributed by atoms with van der Waals surface area (Å²) in [5.41, 5.74) is 1.19. The monoisotopic (exact) mass is 288 g/mol. The van der Waals surface area contributed by atoms with Crippen molar-refractivity contribution in [2.24, 2.45) is 17.8 Å². The first-order chi connectivity index (χ1) is 10.0. The zero-order chi connectivity index (χ0) is 15.4. The van der Waals surface area contributed by atoms with Crippen molar-refractivity contribution in [3.8, 4) is 0 Å². The quantitative estimate of drug-likeness (QED) is 0.774. The maximum Gasteiger partial charge on any atom is 0.118 e. The Morgan fingerprint density at radius 2 is 1.86 bits per heavy atom. The minimum atomic E-state index is -0.0134. The minimum Gasteiger partial charge on any atom is -0.492 e. The molecule has 0 amide bonds. The molecule has 0 N–H and O–H groups in total. The highest BCUT2D eigenvalue weighted by atomic mass is 16.5. The van der Waals surface area contributed by atoms with E-state index in [1.807, 2.05) is 18.2 Å². The normalized spacial score (nSPS) is 30.8. The van der Waals surface area contributed by atoms with Gasteiger partial charge in [-0.15, -0.1) is 0 Å². The lowest BCUT2D eigenvalue weighted by atomic mass is 9.78. The lowest BCUT2D eigenvalue weighted by Gasteiger charge is -2.43. The fourth-order valence-corrected chi connectivity index (χ4v) is 3.09. The van der Waals surface area contributed by atoms with Crippen LogP contribution in [0.1, 0.15) is 39.7 Å². The predicted molar refractivity (Wildman–Crippen MR) is 86.8 cm³/mol. The molecule has 1 heterocycles. The zero-order valence-electron chi connectivity index (χ0n) is 13.7. The molecule has 2 unspecified atom stereocenters. The van der Waals surface area contributed by atoms with Crippen LogP contribution in [-0.2, 0) is 16.1 Å². The van der Waals surface area contributed by atoms with Gasteiger partial charge < -0.3 is 9.47 Å². The van der Waals surface area contributed by atoms with Crippen molar-refractivity contribution in [1.82, 2.24) is 0 Å². The van der Waals surface area contributed by atoms with Gasteiger partial charge in [-0.1, -0.05) is 71.0 Å². The summed E-state index contributed by atoms with van der Waals surface area (Å²) in [6.45, 7) is 13.7. The lowest BCUT2D eigenvalue weighted by molar-refractivity contribution is -0.115. The van der Waals surface area contributed by atoms with Crippen LogP contribution in [-0.4, -0.2) is 12.2 Å². The van der Waals surface area contributed by atoms with E-state index < -0.39 is 0 Å². The van der Waals surface area contributed by atoms with Crippen LogP contribution >= 0.6 is 0 Å². The van der Waals surface area contributed by atoms with Gasteiger partial charge in [0.15, 0.2) is 0 Å². The van der Waals surface area contributed by atoms with Crippen LogP contribution in [0.15, 0.2) is 42.7 Å². The Bertz CT molecular complexity index is 454. The number of rotatable bonds is 5. The second kappa shape index (κ2) is 7.13. The fourth-order valence-electron chi connectivity index (χ4n) is 3.09. The van der Waals surface area contributed by atoms with E-state index in [0.29, 0.717) is 24.4 Å². The van der Waals surface area contributed by atoms with E-state index in [1.165, 1.54) is 5.56 Å². The molecule has 0 bridgehead atoms. The molecule has 116 valence electrons. The first kappa shape index (κ1) is 16.1. The van der Waals surface area contributed by atoms with Crippen LogP contribution < -0.4 is 0 Å². The summed E-state index contributed by atoms with van der Waals surface area (Å²) in [5.74, 6) is 2.25. The van der Waals surface area contributed by atoms with Crippen LogP contribution in [0.2, 0.25) is 0 Å². The first-order valence-corrected chi connectivity index (χ1v) is 8.05. The molecule has 1 fully saturated rings. The van der Waals surface area contributed by atoms with Crippen LogP contribution in [0, 0.1) is 17.8 Å². The molecule has 1 aromatic carbocycles. The van der Waals surface area contributed by atoms with Gasteiger partial charge in [0.2, 0.25) is 0 Å². The molecule has 5 atom stereocenters. The second-order valence-corrected chi connectivity index (χ2v) is 6.37. The van der Waals surface area contributed by atoms with E-state index in [-0.39, 0.29) is 12.2 Å². The van der Waals surface area contributed by atoms with Gasteiger partial charge in [0, 0.05) is 0 Å². The van der Waals surface area contributed by atoms with Gasteiger partial charge >= 0.3 is 0 Å². The molecule has 2 nitrogen and oxygen atoms in total. The van der Waals surface area contributed by atoms with Crippen LogP contribution in [0.25, 0.3) is 0 Å². The lowest BCUT2D eigenvalue weighted by Crippen LogP contribution is -2.45. The van der Waals surface area contributed by atoms with E-state index in [0.717, 1.165) is 12.2 Å². The number of hydrogen-bond acceptors (Lipinski definition) is 2. The summed E-state index contributed by atoms with van der Waals surface area (Å²) < 4.78 is 12.2. The zero-order valence-corrected chi connectivity index (χ0v) is 13.7. The highest BCUT2D eigenvalue weighted by Crippen LogP contribution is 2.38. The molecule has 0 saturated carbocycles. The van der Waals surface area contributed by atoms with Gasteiger partial charge in [-0.2, -0.15) is 0 Å². The molecule has 1 aliphatic heterocycles. The molecule has 0 aromatic heterocycles. The number of benzene rings is 1. The Hall–Kier alpha value is -1.28. The third-order valence-electron chi connectivity index (χ3n) is 4.91. The van der Waals surface area contributed by atoms with E-state index in [2.05, 4.69) is 46.4 Å². The summed E-state index contributed by atoms with van der Waals surface area (Å²) in [7, 11) is 0. The van der Waals surface area contributed by atoms with E-state index in [4.69, 9.17) is 9.47 Å². The van der Waals surface area contributed by atoms with Crippen molar-refractivity contribution in [1.29, 1.82) is 0 Å². The highest BCUT2D eigenvalue weighted by molar-refractivity contribution is 5.14. The van der Waals surface area contributed by atoms with Crippen molar-refractivity contribution >= 4 is 0 Å². The molecule has 2 heteroatoms. The van der Waals surface area contributed by atoms with Crippen molar-refractivity contribution in [2.45, 2.75) is 52.9 Å². The van der Waals surface area contributed by atoms with Crippen molar-refractivity contribution in [3.63, 3.8) is 0 Å². The third kappa shape index (κ3) is 3.68. The summed E-state index contributed by atoms with van der Waals surface area (Å²) in [6.07, 6.45) is 1.37. The molecule has 0 aliphatic carbocycles. The standard InChI is InChI=1S/C19H28O2/c1-6-13(2)18-14(3)15(4)19(16(5)21-18)20-12-17-10-8-7-9-11-17/h7-11,13-15,18-19H,5-6,12H2,1-4H3/t13-,14+,15+,18?,19?/m1/s1. The van der Waals surface area contributed by atoms with Gasteiger partial charge in [-0.05, 0) is 23.3 Å². The van der Waals surface area contributed by atoms with E-state index in [9.17, 15) is 0 Å². The van der Waals surface area contributed by atoms with E-state index in [1.54, 1.807) is 0 Å². The van der Waals surface area contributed by atoms with Crippen LogP contribution in [0.4, 0.5) is 0 Å². The Balaban J connectivity index is 2.00. The minimum absolute atomic E-state index is 0.0134. The van der Waals surface area contributed by atoms with Crippen LogP contribution in [0.3, 0.4) is 0 Å².